The average Bonchev–Trinajstić information content (AvgIpc) is 3.35. The maximum atomic E-state index is 13.1. The van der Waals surface area contributed by atoms with E-state index in [1.165, 1.54) is 4.68 Å². The molecule has 4 aromatic rings. The van der Waals surface area contributed by atoms with Crippen LogP contribution in [-0.4, -0.2) is 58.0 Å². The number of carbonyl (C=O) groups is 1. The molecule has 1 aliphatic heterocycles. The van der Waals surface area contributed by atoms with Gasteiger partial charge in [0.05, 0.1) is 18.3 Å². The number of piperazine rings is 1. The molecule has 1 saturated heterocycles. The molecular formula is C30H33N5O3. The van der Waals surface area contributed by atoms with Crippen LogP contribution in [0.15, 0.2) is 96.1 Å². The van der Waals surface area contributed by atoms with Crippen LogP contribution in [0.4, 0.5) is 5.69 Å². The molecule has 8 nitrogen and oxygen atoms in total. The fraction of sp³-hybridized carbons (Fsp3) is 0.300. The maximum absolute atomic E-state index is 13.1. The van der Waals surface area contributed by atoms with Crippen molar-refractivity contribution >= 4 is 11.7 Å². The zero-order chi connectivity index (χ0) is 26.5. The van der Waals surface area contributed by atoms with E-state index in [4.69, 9.17) is 4.74 Å². The molecule has 2 heterocycles. The van der Waals surface area contributed by atoms with Crippen LogP contribution < -0.4 is 10.6 Å². The smallest absolute Gasteiger partial charge is 0.350 e. The van der Waals surface area contributed by atoms with Gasteiger partial charge in [0.2, 0.25) is 0 Å². The van der Waals surface area contributed by atoms with Gasteiger partial charge >= 0.3 is 11.7 Å². The summed E-state index contributed by atoms with van der Waals surface area (Å²) in [5, 5.41) is 4.37. The Kier molecular flexibility index (Phi) is 7.70. The van der Waals surface area contributed by atoms with Gasteiger partial charge < -0.3 is 9.64 Å². The number of ether oxygens (including phenoxy) is 1. The third-order valence-corrected chi connectivity index (χ3v) is 7.14. The zero-order valence-electron chi connectivity index (χ0n) is 21.8. The second kappa shape index (κ2) is 11.5. The Balaban J connectivity index is 1.27. The summed E-state index contributed by atoms with van der Waals surface area (Å²) in [7, 11) is 0. The van der Waals surface area contributed by atoms with Gasteiger partial charge in [-0.05, 0) is 49.2 Å². The Bertz CT molecular complexity index is 1390. The number of rotatable bonds is 8. The van der Waals surface area contributed by atoms with E-state index in [0.717, 1.165) is 48.7 Å². The molecule has 1 aliphatic rings. The first kappa shape index (κ1) is 25.5. The topological polar surface area (TPSA) is 72.6 Å². The Morgan fingerprint density at radius 3 is 2.03 bits per heavy atom. The summed E-state index contributed by atoms with van der Waals surface area (Å²) >= 11 is 0. The number of benzene rings is 3. The largest absolute Gasteiger partial charge is 0.465 e. The number of carbonyl (C=O) groups excluding carboxylic acids is 1. The lowest BCUT2D eigenvalue weighted by Gasteiger charge is -2.39. The Hall–Kier alpha value is -4.17. The number of nitrogens with zero attached hydrogens (tertiary/aromatic N) is 5. The van der Waals surface area contributed by atoms with Crippen molar-refractivity contribution in [2.75, 3.05) is 37.7 Å². The van der Waals surface area contributed by atoms with Gasteiger partial charge in [-0.2, -0.15) is 5.10 Å². The highest BCUT2D eigenvalue weighted by Crippen LogP contribution is 2.26. The molecule has 8 heteroatoms. The summed E-state index contributed by atoms with van der Waals surface area (Å²) in [4.78, 5) is 30.4. The third kappa shape index (κ3) is 5.26. The van der Waals surface area contributed by atoms with Crippen LogP contribution in [0.2, 0.25) is 0 Å². The van der Waals surface area contributed by atoms with Crippen LogP contribution >= 0.6 is 0 Å². The summed E-state index contributed by atoms with van der Waals surface area (Å²) in [6.45, 7) is 7.23. The number of aromatic nitrogens is 3. The highest BCUT2D eigenvalue weighted by Gasteiger charge is 2.31. The normalized spacial score (nSPS) is 15.7. The van der Waals surface area contributed by atoms with Crippen LogP contribution in [0.25, 0.3) is 5.69 Å². The Labute approximate surface area is 222 Å². The predicted molar refractivity (Wildman–Crippen MR) is 148 cm³/mol. The zero-order valence-corrected chi connectivity index (χ0v) is 21.8. The minimum Gasteiger partial charge on any atom is -0.465 e. The highest BCUT2D eigenvalue weighted by atomic mass is 16.5. The number of hydrogen-bond acceptors (Lipinski definition) is 6. The van der Waals surface area contributed by atoms with E-state index in [0.29, 0.717) is 6.61 Å². The van der Waals surface area contributed by atoms with E-state index >= 15 is 0 Å². The van der Waals surface area contributed by atoms with Gasteiger partial charge in [0.25, 0.3) is 0 Å². The summed E-state index contributed by atoms with van der Waals surface area (Å²) in [5.41, 5.74) is 3.67. The molecule has 3 aromatic carbocycles. The van der Waals surface area contributed by atoms with Crippen molar-refractivity contribution in [2.24, 2.45) is 0 Å². The van der Waals surface area contributed by atoms with Crippen molar-refractivity contribution < 1.29 is 9.53 Å². The molecule has 2 atom stereocenters. The van der Waals surface area contributed by atoms with E-state index in [1.54, 1.807) is 10.9 Å². The minimum absolute atomic E-state index is 0.158. The lowest BCUT2D eigenvalue weighted by Crippen LogP contribution is -2.49. The minimum atomic E-state index is -0.401. The number of anilines is 1. The first-order chi connectivity index (χ1) is 18.6. The van der Waals surface area contributed by atoms with E-state index in [2.05, 4.69) is 14.9 Å². The Morgan fingerprint density at radius 2 is 1.42 bits per heavy atom. The summed E-state index contributed by atoms with van der Waals surface area (Å²) in [5.74, 6) is -0.205. The van der Waals surface area contributed by atoms with E-state index in [1.807, 2.05) is 98.8 Å². The third-order valence-electron chi connectivity index (χ3n) is 7.14. The lowest BCUT2D eigenvalue weighted by atomic mass is 10.0. The van der Waals surface area contributed by atoms with Gasteiger partial charge in [0, 0.05) is 31.9 Å². The van der Waals surface area contributed by atoms with Gasteiger partial charge in [0.1, 0.15) is 12.4 Å². The van der Waals surface area contributed by atoms with Gasteiger partial charge in [-0.25, -0.2) is 18.8 Å². The second-order valence-electron chi connectivity index (χ2n) is 9.42. The van der Waals surface area contributed by atoms with E-state index in [9.17, 15) is 9.59 Å². The van der Waals surface area contributed by atoms with Crippen molar-refractivity contribution in [3.05, 3.63) is 113 Å². The fourth-order valence-corrected chi connectivity index (χ4v) is 5.05. The highest BCUT2D eigenvalue weighted by molar-refractivity contribution is 5.77. The van der Waals surface area contributed by atoms with Crippen LogP contribution in [-0.2, 0) is 9.53 Å². The van der Waals surface area contributed by atoms with E-state index in [-0.39, 0.29) is 17.7 Å². The van der Waals surface area contributed by atoms with Crippen molar-refractivity contribution in [3.63, 3.8) is 0 Å². The molecule has 38 heavy (non-hydrogen) atoms. The second-order valence-corrected chi connectivity index (χ2v) is 9.42. The summed E-state index contributed by atoms with van der Waals surface area (Å²) < 4.78 is 8.48. The van der Waals surface area contributed by atoms with Crippen molar-refractivity contribution in [3.8, 4) is 5.69 Å². The predicted octanol–water partition coefficient (Wildman–Crippen LogP) is 4.07. The quantitative estimate of drug-likeness (QED) is 0.332. The monoisotopic (exact) mass is 511 g/mol. The van der Waals surface area contributed by atoms with Gasteiger partial charge in [-0.3, -0.25) is 4.90 Å². The molecule has 196 valence electrons. The van der Waals surface area contributed by atoms with Crippen LogP contribution in [0.1, 0.15) is 37.1 Å². The molecule has 1 aromatic heterocycles. The molecule has 0 bridgehead atoms. The van der Waals surface area contributed by atoms with Gasteiger partial charge in [-0.1, -0.05) is 60.7 Å². The molecule has 0 saturated carbocycles. The maximum Gasteiger partial charge on any atom is 0.350 e. The molecule has 0 amide bonds. The van der Waals surface area contributed by atoms with E-state index < -0.39 is 6.04 Å². The molecular weight excluding hydrogens is 478 g/mol. The van der Waals surface area contributed by atoms with Crippen molar-refractivity contribution in [2.45, 2.75) is 25.9 Å². The van der Waals surface area contributed by atoms with Gasteiger partial charge in [0.15, 0.2) is 0 Å². The number of hydrogen-bond donors (Lipinski definition) is 0. The lowest BCUT2D eigenvalue weighted by molar-refractivity contribution is -0.150. The summed E-state index contributed by atoms with van der Waals surface area (Å²) in [6, 6.07) is 27.1. The number of esters is 1. The first-order valence-electron chi connectivity index (χ1n) is 13.1. The van der Waals surface area contributed by atoms with Crippen molar-refractivity contribution in [1.29, 1.82) is 0 Å². The van der Waals surface area contributed by atoms with Crippen LogP contribution in [0.5, 0.6) is 0 Å². The first-order valence-corrected chi connectivity index (χ1v) is 13.1. The SMILES string of the molecule is CCOC(=O)[C@@H](c1ccccc1)N1CCN(c2ccc(-n3cnn([C@@H](C)c4ccccc4)c3=O)cc2)CC1. The fourth-order valence-electron chi connectivity index (χ4n) is 5.05. The van der Waals surface area contributed by atoms with Crippen molar-refractivity contribution in [1.82, 2.24) is 19.2 Å². The molecule has 1 fully saturated rings. The Morgan fingerprint density at radius 1 is 0.842 bits per heavy atom. The standard InChI is InChI=1S/C30H33N5O3/c1-3-38-29(36)28(25-12-8-5-9-13-25)33-20-18-32(19-21-33)26-14-16-27(17-15-26)34-22-31-35(30(34)37)23(2)24-10-6-4-7-11-24/h4-17,22-23,28H,3,18-21H2,1-2H3/t23-,28+/m0/s1. The molecule has 0 N–H and O–H groups in total. The molecule has 0 radical (unpaired) electrons. The molecule has 5 rings (SSSR count). The molecule has 0 spiro atoms. The van der Waals surface area contributed by atoms with Crippen LogP contribution in [0.3, 0.4) is 0 Å². The molecule has 0 aliphatic carbocycles. The average molecular weight is 512 g/mol. The summed E-state index contributed by atoms with van der Waals surface area (Å²) in [6.07, 6.45) is 1.58. The van der Waals surface area contributed by atoms with Gasteiger partial charge in [-0.15, -0.1) is 0 Å². The molecule has 0 unspecified atom stereocenters. The van der Waals surface area contributed by atoms with Crippen LogP contribution in [0, 0.1) is 0 Å².